The molecule has 29 heavy (non-hydrogen) atoms. The van der Waals surface area contributed by atoms with E-state index in [1.807, 2.05) is 0 Å². The Morgan fingerprint density at radius 3 is 1.21 bits per heavy atom. The van der Waals surface area contributed by atoms with E-state index < -0.39 is 16.8 Å². The van der Waals surface area contributed by atoms with Crippen molar-refractivity contribution in [3.63, 3.8) is 0 Å². The van der Waals surface area contributed by atoms with E-state index in [-0.39, 0.29) is 0 Å². The summed E-state index contributed by atoms with van der Waals surface area (Å²) in [5.74, 6) is 0. The molecule has 0 atom stereocenters. The number of allylic oxidation sites excluding steroid dienone is 4. The monoisotopic (exact) mass is 438 g/mol. The first kappa shape index (κ1) is 32.9. The van der Waals surface area contributed by atoms with Gasteiger partial charge in [-0.1, -0.05) is 59.8 Å². The Labute approximate surface area is 192 Å². The zero-order valence-corrected chi connectivity index (χ0v) is 21.3. The summed E-state index contributed by atoms with van der Waals surface area (Å²) < 4.78 is 1.55. The normalized spacial score (nSPS) is 13.2. The molecule has 1 aliphatic rings. The van der Waals surface area contributed by atoms with Crippen LogP contribution in [0.4, 0.5) is 0 Å². The molecule has 0 heterocycles. The first-order valence-corrected chi connectivity index (χ1v) is 10.8. The summed E-state index contributed by atoms with van der Waals surface area (Å²) in [5.41, 5.74) is -0.921. The van der Waals surface area contributed by atoms with Crippen molar-refractivity contribution >= 4 is 0 Å². The van der Waals surface area contributed by atoms with Crippen molar-refractivity contribution in [3.05, 3.63) is 59.6 Å². The van der Waals surface area contributed by atoms with Crippen LogP contribution < -0.4 is 15.3 Å². The van der Waals surface area contributed by atoms with Gasteiger partial charge in [-0.2, -0.15) is 0 Å². The van der Waals surface area contributed by atoms with E-state index in [4.69, 9.17) is 0 Å². The van der Waals surface area contributed by atoms with Crippen LogP contribution in [-0.4, -0.2) is 16.8 Å². The molecule has 0 aromatic heterocycles. The molecule has 0 saturated carbocycles. The zero-order chi connectivity index (χ0) is 23.7. The van der Waals surface area contributed by atoms with Crippen molar-refractivity contribution in [1.82, 2.24) is 0 Å². The molecule has 1 rings (SSSR count). The van der Waals surface area contributed by atoms with Crippen LogP contribution in [-0.2, 0) is 20.4 Å². The van der Waals surface area contributed by atoms with Crippen molar-refractivity contribution in [2.45, 2.75) is 97.4 Å². The van der Waals surface area contributed by atoms with Gasteiger partial charge in [-0.25, -0.2) is 0 Å². The van der Waals surface area contributed by atoms with Crippen LogP contribution in [0.2, 0.25) is 0 Å². The van der Waals surface area contributed by atoms with Crippen molar-refractivity contribution in [2.24, 2.45) is 0 Å². The Morgan fingerprint density at radius 2 is 1.14 bits per heavy atom. The Bertz CT molecular complexity index is 462. The predicted molar refractivity (Wildman–Crippen MR) is 118 cm³/mol. The number of rotatable bonds is 7. The molecule has 4 heteroatoms. The molecule has 0 N–H and O–H groups in total. The van der Waals surface area contributed by atoms with E-state index in [2.05, 4.69) is 59.2 Å². The van der Waals surface area contributed by atoms with Crippen molar-refractivity contribution < 1.29 is 35.8 Å². The number of hydrogen-bond acceptors (Lipinski definition) is 3. The fourth-order valence-corrected chi connectivity index (χ4v) is 2.51. The third-order valence-corrected chi connectivity index (χ3v) is 4.14. The third-order valence-electron chi connectivity index (χ3n) is 3.32. The molecule has 0 aliphatic heterocycles. The van der Waals surface area contributed by atoms with E-state index >= 15 is 0 Å². The maximum atomic E-state index is 10.6. The van der Waals surface area contributed by atoms with Crippen LogP contribution in [0, 0.1) is 0 Å². The molecule has 0 aromatic carbocycles. The van der Waals surface area contributed by atoms with Gasteiger partial charge in [0.15, 0.2) is 0 Å². The third kappa shape index (κ3) is 32.2. The van der Waals surface area contributed by atoms with Gasteiger partial charge in [0, 0.05) is 0 Å². The first-order chi connectivity index (χ1) is 13.0. The van der Waals surface area contributed by atoms with Crippen molar-refractivity contribution in [1.29, 1.82) is 0 Å². The van der Waals surface area contributed by atoms with Crippen LogP contribution in [0.15, 0.2) is 59.6 Å². The predicted octanol–water partition coefficient (Wildman–Crippen LogP) is 4.26. The van der Waals surface area contributed by atoms with Gasteiger partial charge >= 0.3 is 61.8 Å². The minimum atomic E-state index is -0.818. The standard InChI is InChI=1S/C7H9.3C6H11O.Ti/c1-2-7-5-3-4-6-7;3*1-4-5-6(2,3)7;/h3,5H,2,4H2,1H3;3*4H,1,5H2,2-3H3;/q;3*-1;+3. The maximum absolute atomic E-state index is 10.6. The average molecular weight is 438 g/mol. The molecule has 0 aromatic rings. The molecule has 0 radical (unpaired) electrons. The van der Waals surface area contributed by atoms with Crippen LogP contribution in [0.5, 0.6) is 0 Å². The van der Waals surface area contributed by atoms with Gasteiger partial charge in [0.2, 0.25) is 0 Å². The van der Waals surface area contributed by atoms with Crippen molar-refractivity contribution in [3.8, 4) is 0 Å². The quantitative estimate of drug-likeness (QED) is 0.441. The van der Waals surface area contributed by atoms with Gasteiger partial charge in [0.1, 0.15) is 0 Å². The van der Waals surface area contributed by atoms with Gasteiger partial charge in [-0.3, -0.25) is 0 Å². The van der Waals surface area contributed by atoms with Crippen LogP contribution in [0.25, 0.3) is 0 Å². The van der Waals surface area contributed by atoms with Gasteiger partial charge in [-0.05, 0) is 19.3 Å². The Balaban J connectivity index is -0.000000312. The van der Waals surface area contributed by atoms with E-state index in [1.54, 1.807) is 63.6 Å². The molecule has 0 saturated heterocycles. The molecular weight excluding hydrogens is 396 g/mol. The summed E-state index contributed by atoms with van der Waals surface area (Å²) in [6.07, 6.45) is 13.4. The summed E-state index contributed by atoms with van der Waals surface area (Å²) in [4.78, 5) is 0. The molecule has 1 aliphatic carbocycles. The molecule has 0 amide bonds. The fourth-order valence-electron chi connectivity index (χ4n) is 1.92. The van der Waals surface area contributed by atoms with E-state index in [0.717, 1.165) is 0 Å². The van der Waals surface area contributed by atoms with E-state index in [1.165, 1.54) is 18.4 Å². The van der Waals surface area contributed by atoms with Gasteiger partial charge in [0.05, 0.1) is 0 Å². The van der Waals surface area contributed by atoms with Gasteiger partial charge < -0.3 is 15.3 Å². The fraction of sp³-hybridized carbons (Fsp3) is 0.600. The van der Waals surface area contributed by atoms with Crippen LogP contribution >= 0.6 is 0 Å². The van der Waals surface area contributed by atoms with E-state index in [0.29, 0.717) is 19.3 Å². The molecule has 0 spiro atoms. The van der Waals surface area contributed by atoms with E-state index in [9.17, 15) is 15.3 Å². The number of hydrogen-bond donors (Lipinski definition) is 0. The SMILES string of the molecule is C=CCC(C)(C)[O-].C=CCC(C)(C)[O-].C=CCC(C)(C)[O-].CCC1=[C]([Ti+3])CC=C1. The molecular formula is C25H42O3Ti. The summed E-state index contributed by atoms with van der Waals surface area (Å²) in [6, 6.07) is 0. The van der Waals surface area contributed by atoms with Crippen molar-refractivity contribution in [2.75, 3.05) is 0 Å². The topological polar surface area (TPSA) is 69.2 Å². The van der Waals surface area contributed by atoms with Crippen LogP contribution in [0.3, 0.4) is 0 Å². The second-order valence-electron chi connectivity index (χ2n) is 8.72. The molecule has 164 valence electrons. The zero-order valence-electron chi connectivity index (χ0n) is 19.8. The Hall–Kier alpha value is -0.706. The second-order valence-corrected chi connectivity index (χ2v) is 9.66. The minimum absolute atomic E-state index is 0.549. The van der Waals surface area contributed by atoms with Gasteiger partial charge in [0.25, 0.3) is 0 Å². The molecule has 0 unspecified atom stereocenters. The second kappa shape index (κ2) is 17.0. The molecule has 0 fully saturated rings. The first-order valence-electron chi connectivity index (χ1n) is 10.1. The summed E-state index contributed by atoms with van der Waals surface area (Å²) in [5, 5.41) is 31.9. The Kier molecular flexibility index (Phi) is 19.3. The summed E-state index contributed by atoms with van der Waals surface area (Å²) in [7, 11) is 0. The Morgan fingerprint density at radius 1 is 0.828 bits per heavy atom. The molecule has 3 nitrogen and oxygen atoms in total. The summed E-state index contributed by atoms with van der Waals surface area (Å²) >= 11 is 2.21. The van der Waals surface area contributed by atoms with Crippen LogP contribution in [0.1, 0.15) is 80.6 Å². The average Bonchev–Trinajstić information content (AvgIpc) is 2.90. The molecule has 0 bridgehead atoms. The van der Waals surface area contributed by atoms with Gasteiger partial charge in [-0.15, -0.1) is 36.5 Å². The summed E-state index contributed by atoms with van der Waals surface area (Å²) in [6.45, 7) is 22.4.